The molecule has 2 amide bonds. The molecule has 2 aliphatic rings. The zero-order valence-corrected chi connectivity index (χ0v) is 16.2. The van der Waals surface area contributed by atoms with Crippen LogP contribution in [0.25, 0.3) is 0 Å². The maximum absolute atomic E-state index is 12.7. The Morgan fingerprint density at radius 1 is 1.10 bits per heavy atom. The number of ether oxygens (including phenoxy) is 2. The highest BCUT2D eigenvalue weighted by Crippen LogP contribution is 2.31. The molecule has 2 aromatic carbocycles. The van der Waals surface area contributed by atoms with Crippen LogP contribution in [0.1, 0.15) is 18.9 Å². The Morgan fingerprint density at radius 3 is 2.66 bits per heavy atom. The Kier molecular flexibility index (Phi) is 5.20. The topological polar surface area (TPSA) is 76.1 Å². The molecule has 2 aliphatic heterocycles. The zero-order valence-electron chi connectivity index (χ0n) is 16.2. The molecule has 0 fully saturated rings. The number of hydrogen-bond donors (Lipinski definition) is 0. The summed E-state index contributed by atoms with van der Waals surface area (Å²) in [7, 11) is 0. The minimum atomic E-state index is -0.888. The number of anilines is 2. The lowest BCUT2D eigenvalue weighted by molar-refractivity contribution is -0.153. The van der Waals surface area contributed by atoms with Crippen LogP contribution >= 0.6 is 0 Å². The van der Waals surface area contributed by atoms with Crippen LogP contribution in [0.4, 0.5) is 11.4 Å². The van der Waals surface area contributed by atoms with Crippen molar-refractivity contribution in [2.75, 3.05) is 29.5 Å². The number of hydrogen-bond acceptors (Lipinski definition) is 5. The van der Waals surface area contributed by atoms with E-state index in [-0.39, 0.29) is 31.4 Å². The SMILES string of the molecule is CC(OC(=O)CCN1C(=O)COc2ccccc21)C(=O)N1CCc2ccccc21. The van der Waals surface area contributed by atoms with E-state index in [2.05, 4.69) is 0 Å². The second-order valence-electron chi connectivity index (χ2n) is 7.05. The zero-order chi connectivity index (χ0) is 20.4. The first-order valence-corrected chi connectivity index (χ1v) is 9.65. The lowest BCUT2D eigenvalue weighted by Gasteiger charge is -2.29. The van der Waals surface area contributed by atoms with Gasteiger partial charge < -0.3 is 19.3 Å². The van der Waals surface area contributed by atoms with Crippen LogP contribution in [0.15, 0.2) is 48.5 Å². The predicted molar refractivity (Wildman–Crippen MR) is 107 cm³/mol. The van der Waals surface area contributed by atoms with E-state index < -0.39 is 12.1 Å². The fourth-order valence-corrected chi connectivity index (χ4v) is 3.70. The maximum Gasteiger partial charge on any atom is 0.308 e. The number of esters is 1. The number of fused-ring (bicyclic) bond motifs is 2. The lowest BCUT2D eigenvalue weighted by atomic mass is 10.2. The second-order valence-corrected chi connectivity index (χ2v) is 7.05. The average molecular weight is 394 g/mol. The van der Waals surface area contributed by atoms with Gasteiger partial charge in [-0.05, 0) is 37.1 Å². The number of rotatable bonds is 5. The fourth-order valence-electron chi connectivity index (χ4n) is 3.70. The molecule has 0 bridgehead atoms. The van der Waals surface area contributed by atoms with Gasteiger partial charge in [-0.25, -0.2) is 0 Å². The van der Waals surface area contributed by atoms with E-state index in [9.17, 15) is 14.4 Å². The number of carbonyl (C=O) groups excluding carboxylic acids is 3. The van der Waals surface area contributed by atoms with Crippen LogP contribution < -0.4 is 14.5 Å². The summed E-state index contributed by atoms with van der Waals surface area (Å²) in [5.41, 5.74) is 2.62. The fraction of sp³-hybridized carbons (Fsp3) is 0.318. The van der Waals surface area contributed by atoms with Gasteiger partial charge in [0.25, 0.3) is 11.8 Å². The monoisotopic (exact) mass is 394 g/mol. The summed E-state index contributed by atoms with van der Waals surface area (Å²) in [6, 6.07) is 14.9. The van der Waals surface area contributed by atoms with E-state index in [1.54, 1.807) is 30.0 Å². The molecule has 150 valence electrons. The van der Waals surface area contributed by atoms with Gasteiger partial charge in [-0.15, -0.1) is 0 Å². The predicted octanol–water partition coefficient (Wildman–Crippen LogP) is 2.32. The van der Waals surface area contributed by atoms with Gasteiger partial charge in [0.1, 0.15) is 5.75 Å². The van der Waals surface area contributed by atoms with Gasteiger partial charge in [-0.2, -0.15) is 0 Å². The number of para-hydroxylation sites is 3. The lowest BCUT2D eigenvalue weighted by Crippen LogP contribution is -2.41. The first kappa shape index (κ1) is 19.0. The molecule has 2 aromatic rings. The minimum absolute atomic E-state index is 0.00567. The summed E-state index contributed by atoms with van der Waals surface area (Å²) in [6.07, 6.45) is -0.101. The van der Waals surface area contributed by atoms with Gasteiger partial charge in [0.2, 0.25) is 0 Å². The van der Waals surface area contributed by atoms with Gasteiger partial charge in [0.15, 0.2) is 12.7 Å². The largest absolute Gasteiger partial charge is 0.482 e. The van der Waals surface area contributed by atoms with E-state index >= 15 is 0 Å². The number of benzene rings is 2. The quantitative estimate of drug-likeness (QED) is 0.728. The molecule has 0 saturated heterocycles. The highest BCUT2D eigenvalue weighted by atomic mass is 16.5. The molecule has 0 radical (unpaired) electrons. The Morgan fingerprint density at radius 2 is 1.83 bits per heavy atom. The van der Waals surface area contributed by atoms with Crippen molar-refractivity contribution in [2.45, 2.75) is 25.9 Å². The van der Waals surface area contributed by atoms with Gasteiger partial charge >= 0.3 is 5.97 Å². The second kappa shape index (κ2) is 7.95. The van der Waals surface area contributed by atoms with Crippen molar-refractivity contribution in [1.29, 1.82) is 0 Å². The highest BCUT2D eigenvalue weighted by Gasteiger charge is 2.30. The minimum Gasteiger partial charge on any atom is -0.482 e. The van der Waals surface area contributed by atoms with Gasteiger partial charge in [-0.3, -0.25) is 14.4 Å². The standard InChI is InChI=1S/C22H22N2O5/c1-15(22(27)24-12-10-16-6-2-3-7-17(16)24)29-21(26)11-13-23-18-8-4-5-9-19(18)28-14-20(23)25/h2-9,15H,10-14H2,1H3. The number of carbonyl (C=O) groups is 3. The summed E-state index contributed by atoms with van der Waals surface area (Å²) >= 11 is 0. The Balaban J connectivity index is 1.34. The normalized spacial score (nSPS) is 16.0. The van der Waals surface area contributed by atoms with Crippen LogP contribution in [0, 0.1) is 0 Å². The highest BCUT2D eigenvalue weighted by molar-refractivity contribution is 6.00. The maximum atomic E-state index is 12.7. The van der Waals surface area contributed by atoms with E-state index in [1.807, 2.05) is 30.3 Å². The third-order valence-corrected chi connectivity index (χ3v) is 5.16. The average Bonchev–Trinajstić information content (AvgIpc) is 3.16. The van der Waals surface area contributed by atoms with Crippen molar-refractivity contribution >= 4 is 29.2 Å². The molecule has 1 unspecified atom stereocenters. The Bertz CT molecular complexity index is 958. The Labute approximate surface area is 168 Å². The van der Waals surface area contributed by atoms with Gasteiger partial charge in [0, 0.05) is 18.8 Å². The molecule has 0 saturated carbocycles. The van der Waals surface area contributed by atoms with Crippen molar-refractivity contribution in [2.24, 2.45) is 0 Å². The Hall–Kier alpha value is -3.35. The first-order chi connectivity index (χ1) is 14.0. The van der Waals surface area contributed by atoms with Crippen molar-refractivity contribution in [3.05, 3.63) is 54.1 Å². The third-order valence-electron chi connectivity index (χ3n) is 5.16. The third kappa shape index (κ3) is 3.81. The summed E-state index contributed by atoms with van der Waals surface area (Å²) < 4.78 is 10.8. The van der Waals surface area contributed by atoms with Crippen molar-refractivity contribution < 1.29 is 23.9 Å². The van der Waals surface area contributed by atoms with Crippen LogP contribution in [0.5, 0.6) is 5.75 Å². The molecule has 0 spiro atoms. The van der Waals surface area contributed by atoms with Crippen molar-refractivity contribution in [1.82, 2.24) is 0 Å². The van der Waals surface area contributed by atoms with Gasteiger partial charge in [-0.1, -0.05) is 30.3 Å². The molecule has 1 atom stereocenters. The molecule has 29 heavy (non-hydrogen) atoms. The van der Waals surface area contributed by atoms with Crippen LogP contribution in [-0.2, 0) is 25.5 Å². The van der Waals surface area contributed by atoms with E-state index in [0.717, 1.165) is 17.7 Å². The summed E-state index contributed by atoms with van der Waals surface area (Å²) in [4.78, 5) is 40.4. The van der Waals surface area contributed by atoms with Crippen molar-refractivity contribution in [3.8, 4) is 5.75 Å². The molecule has 0 aliphatic carbocycles. The van der Waals surface area contributed by atoms with E-state index in [0.29, 0.717) is 18.0 Å². The van der Waals surface area contributed by atoms with Crippen LogP contribution in [0.3, 0.4) is 0 Å². The van der Waals surface area contributed by atoms with E-state index in [4.69, 9.17) is 9.47 Å². The first-order valence-electron chi connectivity index (χ1n) is 9.65. The molecule has 4 rings (SSSR count). The summed E-state index contributed by atoms with van der Waals surface area (Å²) in [6.45, 7) is 2.27. The van der Waals surface area contributed by atoms with Crippen LogP contribution in [0.2, 0.25) is 0 Å². The molecule has 2 heterocycles. The molecular formula is C22H22N2O5. The molecule has 0 N–H and O–H groups in total. The van der Waals surface area contributed by atoms with Crippen LogP contribution in [-0.4, -0.2) is 43.6 Å². The smallest absolute Gasteiger partial charge is 0.308 e. The van der Waals surface area contributed by atoms with Crippen molar-refractivity contribution in [3.63, 3.8) is 0 Å². The van der Waals surface area contributed by atoms with E-state index in [1.165, 1.54) is 4.90 Å². The molecular weight excluding hydrogens is 372 g/mol. The number of nitrogens with zero attached hydrogens (tertiary/aromatic N) is 2. The molecule has 7 heteroatoms. The summed E-state index contributed by atoms with van der Waals surface area (Å²) in [5.74, 6) is -0.364. The van der Waals surface area contributed by atoms with Gasteiger partial charge in [0.05, 0.1) is 12.1 Å². The molecule has 7 nitrogen and oxygen atoms in total. The number of amides is 2. The molecule has 0 aromatic heterocycles. The summed E-state index contributed by atoms with van der Waals surface area (Å²) in [5, 5.41) is 0.